The summed E-state index contributed by atoms with van der Waals surface area (Å²) < 4.78 is 5.28. The third kappa shape index (κ3) is 3.58. The molecule has 1 aliphatic rings. The van der Waals surface area contributed by atoms with Gasteiger partial charge in [-0.15, -0.1) is 0 Å². The molecule has 3 N–H and O–H groups in total. The van der Waals surface area contributed by atoms with E-state index in [0.29, 0.717) is 13.1 Å². The highest BCUT2D eigenvalue weighted by Crippen LogP contribution is 2.27. The van der Waals surface area contributed by atoms with E-state index in [4.69, 9.17) is 4.74 Å². The SMILES string of the molecule is COc1cccc(C2NNCC2C(=O)NCc2ccccc2C)c1. The zero-order chi connectivity index (χ0) is 16.9. The molecule has 0 saturated carbocycles. The largest absolute Gasteiger partial charge is 0.497 e. The van der Waals surface area contributed by atoms with Gasteiger partial charge < -0.3 is 10.1 Å². The van der Waals surface area contributed by atoms with Crippen LogP contribution in [0.3, 0.4) is 0 Å². The fourth-order valence-corrected chi connectivity index (χ4v) is 3.01. The van der Waals surface area contributed by atoms with Crippen LogP contribution < -0.4 is 20.9 Å². The predicted molar refractivity (Wildman–Crippen MR) is 93.4 cm³/mol. The smallest absolute Gasteiger partial charge is 0.226 e. The molecule has 0 spiro atoms. The van der Waals surface area contributed by atoms with Gasteiger partial charge in [0.1, 0.15) is 5.75 Å². The number of aryl methyl sites for hydroxylation is 1. The molecule has 1 fully saturated rings. The Morgan fingerprint density at radius 2 is 2.08 bits per heavy atom. The molecule has 2 atom stereocenters. The Labute approximate surface area is 142 Å². The number of hydrogen-bond donors (Lipinski definition) is 3. The van der Waals surface area contributed by atoms with Crippen molar-refractivity contribution in [3.8, 4) is 5.75 Å². The summed E-state index contributed by atoms with van der Waals surface area (Å²) in [6, 6.07) is 15.8. The molecule has 2 aromatic carbocycles. The number of amides is 1. The van der Waals surface area contributed by atoms with E-state index in [1.165, 1.54) is 5.56 Å². The summed E-state index contributed by atoms with van der Waals surface area (Å²) in [7, 11) is 1.64. The first-order valence-corrected chi connectivity index (χ1v) is 8.13. The van der Waals surface area contributed by atoms with Crippen LogP contribution >= 0.6 is 0 Å². The number of benzene rings is 2. The van der Waals surface area contributed by atoms with Gasteiger partial charge >= 0.3 is 0 Å². The lowest BCUT2D eigenvalue weighted by Crippen LogP contribution is -2.34. The number of rotatable bonds is 5. The number of nitrogens with one attached hydrogen (secondary N) is 3. The van der Waals surface area contributed by atoms with E-state index in [2.05, 4.69) is 29.2 Å². The fourth-order valence-electron chi connectivity index (χ4n) is 3.01. The first-order valence-electron chi connectivity index (χ1n) is 8.13. The van der Waals surface area contributed by atoms with Crippen molar-refractivity contribution in [2.24, 2.45) is 5.92 Å². The van der Waals surface area contributed by atoms with Crippen LogP contribution in [0.25, 0.3) is 0 Å². The van der Waals surface area contributed by atoms with Gasteiger partial charge in [-0.2, -0.15) is 0 Å². The van der Waals surface area contributed by atoms with Gasteiger partial charge in [-0.1, -0.05) is 36.4 Å². The lowest BCUT2D eigenvalue weighted by molar-refractivity contribution is -0.125. The fraction of sp³-hybridized carbons (Fsp3) is 0.316. The van der Waals surface area contributed by atoms with E-state index in [1.807, 2.05) is 42.5 Å². The zero-order valence-electron chi connectivity index (χ0n) is 14.0. The third-order valence-electron chi connectivity index (χ3n) is 4.49. The van der Waals surface area contributed by atoms with Crippen molar-refractivity contribution < 1.29 is 9.53 Å². The van der Waals surface area contributed by atoms with Gasteiger partial charge in [0.05, 0.1) is 19.1 Å². The standard InChI is InChI=1S/C19H23N3O2/c1-13-6-3-4-7-15(13)11-20-19(23)17-12-21-22-18(17)14-8-5-9-16(10-14)24-2/h3-10,17-18,21-22H,11-12H2,1-2H3,(H,20,23). The van der Waals surface area contributed by atoms with Crippen molar-refractivity contribution in [3.63, 3.8) is 0 Å². The molecule has 1 saturated heterocycles. The Bertz CT molecular complexity index is 717. The predicted octanol–water partition coefficient (Wildman–Crippen LogP) is 2.09. The quantitative estimate of drug-likeness (QED) is 0.788. The summed E-state index contributed by atoms with van der Waals surface area (Å²) in [5.74, 6) is 0.671. The Morgan fingerprint density at radius 1 is 1.25 bits per heavy atom. The molecule has 0 bridgehead atoms. The topological polar surface area (TPSA) is 62.4 Å². The number of hydrogen-bond acceptors (Lipinski definition) is 4. The molecular weight excluding hydrogens is 302 g/mol. The first kappa shape index (κ1) is 16.5. The molecule has 0 aliphatic carbocycles. The van der Waals surface area contributed by atoms with Crippen LogP contribution in [0.4, 0.5) is 0 Å². The average molecular weight is 325 g/mol. The van der Waals surface area contributed by atoms with Crippen LogP contribution in [0, 0.1) is 12.8 Å². The minimum absolute atomic E-state index is 0.0450. The molecule has 0 radical (unpaired) electrons. The molecule has 3 rings (SSSR count). The van der Waals surface area contributed by atoms with E-state index < -0.39 is 0 Å². The first-order chi connectivity index (χ1) is 11.7. The minimum Gasteiger partial charge on any atom is -0.497 e. The van der Waals surface area contributed by atoms with Crippen LogP contribution in [-0.4, -0.2) is 19.6 Å². The zero-order valence-corrected chi connectivity index (χ0v) is 14.0. The number of carbonyl (C=O) groups is 1. The number of methoxy groups -OCH3 is 1. The average Bonchev–Trinajstić information content (AvgIpc) is 3.11. The number of ether oxygens (including phenoxy) is 1. The molecule has 1 amide bonds. The molecule has 0 aromatic heterocycles. The summed E-state index contributed by atoms with van der Waals surface area (Å²) >= 11 is 0. The normalized spacial score (nSPS) is 19.9. The summed E-state index contributed by atoms with van der Waals surface area (Å²) in [6.07, 6.45) is 0. The Hall–Kier alpha value is -2.37. The Kier molecular flexibility index (Phi) is 5.13. The van der Waals surface area contributed by atoms with E-state index in [0.717, 1.165) is 16.9 Å². The van der Waals surface area contributed by atoms with Crippen molar-refractivity contribution >= 4 is 5.91 Å². The monoisotopic (exact) mass is 325 g/mol. The van der Waals surface area contributed by atoms with Crippen LogP contribution in [0.5, 0.6) is 5.75 Å². The van der Waals surface area contributed by atoms with Gasteiger partial charge in [0.2, 0.25) is 5.91 Å². The van der Waals surface area contributed by atoms with Crippen molar-refractivity contribution in [2.75, 3.05) is 13.7 Å². The maximum absolute atomic E-state index is 12.6. The summed E-state index contributed by atoms with van der Waals surface area (Å²) in [4.78, 5) is 12.6. The highest BCUT2D eigenvalue weighted by Gasteiger charge is 2.33. The minimum atomic E-state index is -0.166. The summed E-state index contributed by atoms with van der Waals surface area (Å²) in [5, 5.41) is 3.06. The second kappa shape index (κ2) is 7.47. The van der Waals surface area contributed by atoms with Crippen LogP contribution in [0.2, 0.25) is 0 Å². The van der Waals surface area contributed by atoms with Crippen LogP contribution in [-0.2, 0) is 11.3 Å². The molecule has 126 valence electrons. The van der Waals surface area contributed by atoms with Crippen molar-refractivity contribution in [3.05, 3.63) is 65.2 Å². The van der Waals surface area contributed by atoms with Gasteiger partial charge in [0.25, 0.3) is 0 Å². The molecule has 5 nitrogen and oxygen atoms in total. The summed E-state index contributed by atoms with van der Waals surface area (Å²) in [5.41, 5.74) is 9.66. The highest BCUT2D eigenvalue weighted by molar-refractivity contribution is 5.80. The Morgan fingerprint density at radius 3 is 2.88 bits per heavy atom. The third-order valence-corrected chi connectivity index (χ3v) is 4.49. The maximum atomic E-state index is 12.6. The molecule has 1 heterocycles. The van der Waals surface area contributed by atoms with E-state index >= 15 is 0 Å². The van der Waals surface area contributed by atoms with Gasteiger partial charge in [0, 0.05) is 13.1 Å². The van der Waals surface area contributed by atoms with Gasteiger partial charge in [-0.05, 0) is 35.7 Å². The van der Waals surface area contributed by atoms with Crippen molar-refractivity contribution in [1.82, 2.24) is 16.2 Å². The molecule has 2 unspecified atom stereocenters. The number of hydrazine groups is 1. The lowest BCUT2D eigenvalue weighted by atomic mass is 9.94. The van der Waals surface area contributed by atoms with Gasteiger partial charge in [-0.25, -0.2) is 5.43 Å². The Balaban J connectivity index is 1.68. The van der Waals surface area contributed by atoms with E-state index in [1.54, 1.807) is 7.11 Å². The van der Waals surface area contributed by atoms with Gasteiger partial charge in [0.15, 0.2) is 0 Å². The molecule has 24 heavy (non-hydrogen) atoms. The summed E-state index contributed by atoms with van der Waals surface area (Å²) in [6.45, 7) is 3.20. The van der Waals surface area contributed by atoms with Crippen LogP contribution in [0.1, 0.15) is 22.7 Å². The second-order valence-corrected chi connectivity index (χ2v) is 6.03. The van der Waals surface area contributed by atoms with E-state index in [9.17, 15) is 4.79 Å². The van der Waals surface area contributed by atoms with Crippen molar-refractivity contribution in [2.45, 2.75) is 19.5 Å². The molecular formula is C19H23N3O2. The molecule has 1 aliphatic heterocycles. The van der Waals surface area contributed by atoms with Gasteiger partial charge in [-0.3, -0.25) is 10.2 Å². The lowest BCUT2D eigenvalue weighted by Gasteiger charge is -2.19. The van der Waals surface area contributed by atoms with Crippen molar-refractivity contribution in [1.29, 1.82) is 0 Å². The van der Waals surface area contributed by atoms with Crippen LogP contribution in [0.15, 0.2) is 48.5 Å². The molecule has 2 aromatic rings. The highest BCUT2D eigenvalue weighted by atomic mass is 16.5. The maximum Gasteiger partial charge on any atom is 0.226 e. The molecule has 5 heteroatoms. The second-order valence-electron chi connectivity index (χ2n) is 6.03. The van der Waals surface area contributed by atoms with E-state index in [-0.39, 0.29) is 17.9 Å². The number of carbonyl (C=O) groups excluding carboxylic acids is 1.